The van der Waals surface area contributed by atoms with Crippen molar-refractivity contribution in [2.45, 2.75) is 90.2 Å². The van der Waals surface area contributed by atoms with E-state index in [1.54, 1.807) is 0 Å². The molecule has 2 aliphatic carbocycles. The molecule has 3 N–H and O–H groups in total. The second kappa shape index (κ2) is 7.26. The van der Waals surface area contributed by atoms with Crippen molar-refractivity contribution in [3.63, 3.8) is 0 Å². The van der Waals surface area contributed by atoms with E-state index in [-0.39, 0.29) is 11.6 Å². The maximum absolute atomic E-state index is 6.33. The van der Waals surface area contributed by atoms with Crippen LogP contribution < -0.4 is 11.3 Å². The average Bonchev–Trinajstić information content (AvgIpc) is 2.72. The Labute approximate surface area is 130 Å². The second-order valence-corrected chi connectivity index (χ2v) is 7.64. The quantitative estimate of drug-likeness (QED) is 0.456. The van der Waals surface area contributed by atoms with Crippen LogP contribution in [-0.4, -0.2) is 18.2 Å². The highest BCUT2D eigenvalue weighted by atomic mass is 16.5. The van der Waals surface area contributed by atoms with Crippen molar-refractivity contribution < 1.29 is 4.74 Å². The summed E-state index contributed by atoms with van der Waals surface area (Å²) in [4.78, 5) is 0. The van der Waals surface area contributed by atoms with Gasteiger partial charge in [0.2, 0.25) is 0 Å². The van der Waals surface area contributed by atoms with Gasteiger partial charge in [0.1, 0.15) is 0 Å². The Bertz CT molecular complexity index is 352. The van der Waals surface area contributed by atoms with Crippen molar-refractivity contribution in [3.8, 4) is 0 Å². The summed E-state index contributed by atoms with van der Waals surface area (Å²) in [6.45, 7) is 7.62. The first-order valence-electron chi connectivity index (χ1n) is 8.82. The molecule has 0 radical (unpaired) electrons. The lowest BCUT2D eigenvalue weighted by Crippen LogP contribution is -2.58. The summed E-state index contributed by atoms with van der Waals surface area (Å²) in [5.74, 6) is 6.00. The van der Waals surface area contributed by atoms with Gasteiger partial charge in [-0.05, 0) is 63.7 Å². The SMILES string of the molecule is CCOC1(C(NN)C2=CCCCCC2)CCC(C)(C)CC1. The molecule has 0 aromatic heterocycles. The first-order valence-corrected chi connectivity index (χ1v) is 8.82. The van der Waals surface area contributed by atoms with E-state index < -0.39 is 0 Å². The molecule has 1 saturated carbocycles. The van der Waals surface area contributed by atoms with E-state index in [1.807, 2.05) is 0 Å². The number of ether oxygens (including phenoxy) is 1. The summed E-state index contributed by atoms with van der Waals surface area (Å²) in [7, 11) is 0. The molecular formula is C18H34N2O. The Balaban J connectivity index is 2.20. The summed E-state index contributed by atoms with van der Waals surface area (Å²) in [6.07, 6.45) is 13.4. The summed E-state index contributed by atoms with van der Waals surface area (Å²) < 4.78 is 6.33. The highest BCUT2D eigenvalue weighted by molar-refractivity contribution is 5.19. The van der Waals surface area contributed by atoms with Gasteiger partial charge in [0.15, 0.2) is 0 Å². The smallest absolute Gasteiger partial charge is 0.0886 e. The Morgan fingerprint density at radius 3 is 2.52 bits per heavy atom. The van der Waals surface area contributed by atoms with Crippen molar-refractivity contribution in [1.82, 2.24) is 5.43 Å². The number of hydrogen-bond donors (Lipinski definition) is 2. The minimum atomic E-state index is -0.102. The number of allylic oxidation sites excluding steroid dienone is 1. The molecule has 3 nitrogen and oxygen atoms in total. The highest BCUT2D eigenvalue weighted by Crippen LogP contribution is 2.45. The zero-order valence-electron chi connectivity index (χ0n) is 14.2. The van der Waals surface area contributed by atoms with Gasteiger partial charge >= 0.3 is 0 Å². The fraction of sp³-hybridized carbons (Fsp3) is 0.889. The van der Waals surface area contributed by atoms with E-state index in [0.717, 1.165) is 19.4 Å². The zero-order valence-corrected chi connectivity index (χ0v) is 14.2. The Kier molecular flexibility index (Phi) is 5.87. The minimum Gasteiger partial charge on any atom is -0.373 e. The molecule has 0 aromatic carbocycles. The third kappa shape index (κ3) is 4.08. The van der Waals surface area contributed by atoms with Gasteiger partial charge in [-0.15, -0.1) is 0 Å². The van der Waals surface area contributed by atoms with Crippen LogP contribution in [0.4, 0.5) is 0 Å². The molecular weight excluding hydrogens is 260 g/mol. The van der Waals surface area contributed by atoms with E-state index >= 15 is 0 Å². The van der Waals surface area contributed by atoms with Crippen LogP contribution in [0.1, 0.15) is 78.6 Å². The first-order chi connectivity index (χ1) is 10.0. The minimum absolute atomic E-state index is 0.102. The molecule has 1 atom stereocenters. The van der Waals surface area contributed by atoms with E-state index in [0.29, 0.717) is 5.41 Å². The van der Waals surface area contributed by atoms with Crippen LogP contribution in [0.5, 0.6) is 0 Å². The maximum Gasteiger partial charge on any atom is 0.0886 e. The van der Waals surface area contributed by atoms with Crippen LogP contribution in [0.15, 0.2) is 11.6 Å². The molecule has 2 aliphatic rings. The van der Waals surface area contributed by atoms with Gasteiger partial charge in [-0.25, -0.2) is 0 Å². The Morgan fingerprint density at radius 2 is 1.90 bits per heavy atom. The lowest BCUT2D eigenvalue weighted by Gasteiger charge is -2.48. The molecule has 1 fully saturated rings. The van der Waals surface area contributed by atoms with Gasteiger partial charge < -0.3 is 4.74 Å². The van der Waals surface area contributed by atoms with E-state index in [1.165, 1.54) is 50.5 Å². The van der Waals surface area contributed by atoms with Crippen molar-refractivity contribution in [1.29, 1.82) is 0 Å². The maximum atomic E-state index is 6.33. The lowest BCUT2D eigenvalue weighted by atomic mass is 9.67. The van der Waals surface area contributed by atoms with Gasteiger partial charge in [-0.1, -0.05) is 31.9 Å². The molecule has 1 unspecified atom stereocenters. The summed E-state index contributed by atoms with van der Waals surface area (Å²) >= 11 is 0. The monoisotopic (exact) mass is 294 g/mol. The fourth-order valence-corrected chi connectivity index (χ4v) is 4.05. The number of rotatable bonds is 5. The molecule has 0 aliphatic heterocycles. The normalized spacial score (nSPS) is 26.8. The largest absolute Gasteiger partial charge is 0.373 e. The molecule has 0 spiro atoms. The van der Waals surface area contributed by atoms with Gasteiger partial charge in [0.05, 0.1) is 11.6 Å². The predicted molar refractivity (Wildman–Crippen MR) is 88.9 cm³/mol. The van der Waals surface area contributed by atoms with Crippen LogP contribution in [0.25, 0.3) is 0 Å². The third-order valence-electron chi connectivity index (χ3n) is 5.52. The van der Waals surface area contributed by atoms with Crippen LogP contribution in [-0.2, 0) is 4.74 Å². The van der Waals surface area contributed by atoms with Gasteiger partial charge in [0, 0.05) is 6.61 Å². The van der Waals surface area contributed by atoms with Crippen LogP contribution in [0, 0.1) is 5.41 Å². The molecule has 0 saturated heterocycles. The molecule has 0 aromatic rings. The van der Waals surface area contributed by atoms with Crippen molar-refractivity contribution in [2.24, 2.45) is 11.3 Å². The molecule has 21 heavy (non-hydrogen) atoms. The van der Waals surface area contributed by atoms with Gasteiger partial charge in [0.25, 0.3) is 0 Å². The Morgan fingerprint density at radius 1 is 1.19 bits per heavy atom. The molecule has 0 heterocycles. The molecule has 0 bridgehead atoms. The molecule has 0 amide bonds. The van der Waals surface area contributed by atoms with E-state index in [4.69, 9.17) is 10.6 Å². The average molecular weight is 294 g/mol. The number of nitrogens with one attached hydrogen (secondary N) is 1. The lowest BCUT2D eigenvalue weighted by molar-refractivity contribution is -0.0994. The predicted octanol–water partition coefficient (Wildman–Crippen LogP) is 4.08. The second-order valence-electron chi connectivity index (χ2n) is 7.64. The van der Waals surface area contributed by atoms with E-state index in [9.17, 15) is 0 Å². The topological polar surface area (TPSA) is 47.3 Å². The number of hydrogen-bond acceptors (Lipinski definition) is 3. The van der Waals surface area contributed by atoms with Gasteiger partial charge in [-0.2, -0.15) is 0 Å². The fourth-order valence-electron chi connectivity index (χ4n) is 4.05. The van der Waals surface area contributed by atoms with Crippen molar-refractivity contribution in [2.75, 3.05) is 6.61 Å². The van der Waals surface area contributed by atoms with Crippen LogP contribution >= 0.6 is 0 Å². The molecule has 2 rings (SSSR count). The standard InChI is InChI=1S/C18H34N2O/c1-4-21-18(13-11-17(2,3)12-14-18)16(20-19)15-9-7-5-6-8-10-15/h9,16,20H,4-8,10-14,19H2,1-3H3. The number of nitrogens with two attached hydrogens (primary N) is 1. The zero-order chi connectivity index (χ0) is 15.3. The van der Waals surface area contributed by atoms with Crippen LogP contribution in [0.2, 0.25) is 0 Å². The summed E-state index contributed by atoms with van der Waals surface area (Å²) in [5, 5.41) is 0. The van der Waals surface area contributed by atoms with Gasteiger partial charge in [-0.3, -0.25) is 11.3 Å². The molecule has 122 valence electrons. The van der Waals surface area contributed by atoms with Crippen molar-refractivity contribution in [3.05, 3.63) is 11.6 Å². The first kappa shape index (κ1) is 17.0. The highest BCUT2D eigenvalue weighted by Gasteiger charge is 2.45. The third-order valence-corrected chi connectivity index (χ3v) is 5.52. The Hall–Kier alpha value is -0.380. The van der Waals surface area contributed by atoms with Crippen LogP contribution in [0.3, 0.4) is 0 Å². The summed E-state index contributed by atoms with van der Waals surface area (Å²) in [5.41, 5.74) is 4.96. The summed E-state index contributed by atoms with van der Waals surface area (Å²) in [6, 6.07) is 0.187. The van der Waals surface area contributed by atoms with E-state index in [2.05, 4.69) is 32.3 Å². The van der Waals surface area contributed by atoms with Crippen molar-refractivity contribution >= 4 is 0 Å². The molecule has 3 heteroatoms. The number of hydrazine groups is 1.